The lowest BCUT2D eigenvalue weighted by Crippen LogP contribution is -2.48. The maximum atomic E-state index is 13.1. The maximum absolute atomic E-state index is 13.1. The van der Waals surface area contributed by atoms with E-state index in [9.17, 15) is 9.59 Å². The molecular formula is C29H34N4O2S. The van der Waals surface area contributed by atoms with E-state index in [-0.39, 0.29) is 5.91 Å². The van der Waals surface area contributed by atoms with Crippen LogP contribution in [0.5, 0.6) is 0 Å². The number of benzene rings is 3. The second kappa shape index (κ2) is 13.1. The fourth-order valence-electron chi connectivity index (χ4n) is 4.46. The molecule has 3 amide bonds. The molecule has 0 spiro atoms. The van der Waals surface area contributed by atoms with Crippen molar-refractivity contribution < 1.29 is 9.59 Å². The number of nitrogens with zero attached hydrogens (tertiary/aromatic N) is 2. The van der Waals surface area contributed by atoms with Crippen LogP contribution in [0, 0.1) is 0 Å². The molecule has 1 aliphatic rings. The molecular weight excluding hydrogens is 468 g/mol. The van der Waals surface area contributed by atoms with E-state index < -0.39 is 12.1 Å². The number of hydrogen-bond donors (Lipinski definition) is 3. The Labute approximate surface area is 219 Å². The van der Waals surface area contributed by atoms with Gasteiger partial charge in [0.1, 0.15) is 6.04 Å². The highest BCUT2D eigenvalue weighted by Gasteiger charge is 2.28. The van der Waals surface area contributed by atoms with Crippen LogP contribution in [-0.2, 0) is 11.2 Å². The highest BCUT2D eigenvalue weighted by atomic mass is 32.1. The average Bonchev–Trinajstić information content (AvgIpc) is 3.44. The van der Waals surface area contributed by atoms with Crippen molar-refractivity contribution in [2.75, 3.05) is 31.5 Å². The summed E-state index contributed by atoms with van der Waals surface area (Å²) in [6.07, 6.45) is 3.77. The number of likely N-dealkylation sites (tertiary alicyclic amines) is 1. The molecule has 3 aromatic carbocycles. The lowest BCUT2D eigenvalue weighted by atomic mass is 10.1. The number of amides is 3. The van der Waals surface area contributed by atoms with Gasteiger partial charge in [-0.05, 0) is 67.7 Å². The fraction of sp³-hybridized carbons (Fsp3) is 0.310. The van der Waals surface area contributed by atoms with Crippen molar-refractivity contribution in [3.63, 3.8) is 0 Å². The zero-order valence-corrected chi connectivity index (χ0v) is 21.4. The monoisotopic (exact) mass is 502 g/mol. The number of rotatable bonds is 10. The first-order chi connectivity index (χ1) is 17.6. The summed E-state index contributed by atoms with van der Waals surface area (Å²) in [6.45, 7) is 3.83. The van der Waals surface area contributed by atoms with E-state index in [0.29, 0.717) is 18.7 Å². The second-order valence-electron chi connectivity index (χ2n) is 9.12. The number of anilines is 1. The average molecular weight is 503 g/mol. The summed E-state index contributed by atoms with van der Waals surface area (Å²) >= 11 is 4.47. The van der Waals surface area contributed by atoms with Crippen molar-refractivity contribution in [2.24, 2.45) is 0 Å². The molecule has 1 fully saturated rings. The molecule has 0 aromatic heterocycles. The van der Waals surface area contributed by atoms with Crippen LogP contribution in [0.1, 0.15) is 24.8 Å². The van der Waals surface area contributed by atoms with Gasteiger partial charge in [0.15, 0.2) is 0 Å². The summed E-state index contributed by atoms with van der Waals surface area (Å²) in [5.41, 5.74) is 3.78. The zero-order chi connectivity index (χ0) is 25.2. The van der Waals surface area contributed by atoms with Crippen LogP contribution >= 0.6 is 12.8 Å². The lowest BCUT2D eigenvalue weighted by molar-refractivity contribution is -0.124. The minimum absolute atomic E-state index is 0.204. The second-order valence-corrected chi connectivity index (χ2v) is 9.55. The van der Waals surface area contributed by atoms with Crippen LogP contribution in [0.25, 0.3) is 11.1 Å². The van der Waals surface area contributed by atoms with Gasteiger partial charge in [-0.2, -0.15) is 0 Å². The molecule has 2 N–H and O–H groups in total. The van der Waals surface area contributed by atoms with Crippen LogP contribution < -0.4 is 10.6 Å². The molecule has 0 aliphatic carbocycles. The highest BCUT2D eigenvalue weighted by Crippen LogP contribution is 2.22. The van der Waals surface area contributed by atoms with Crippen LogP contribution in [0.4, 0.5) is 10.5 Å². The van der Waals surface area contributed by atoms with Gasteiger partial charge < -0.3 is 15.5 Å². The molecule has 0 saturated carbocycles. The SMILES string of the molecule is O=C(NCCCN1CCCC1)[C@H](Cc1ccccc1)N(S)C(=O)Nc1ccc(-c2ccccc2)cc1. The standard InChI is InChI=1S/C29H34N4O2S/c34-28(30-18-9-21-32-19-7-8-20-32)27(22-23-10-3-1-4-11-23)33(36)29(35)31-26-16-14-25(15-17-26)24-12-5-2-6-13-24/h1-6,10-17,27,36H,7-9,18-22H2,(H,30,34)(H,31,35)/t27-/m0/s1. The largest absolute Gasteiger partial charge is 0.354 e. The van der Waals surface area contributed by atoms with E-state index in [1.54, 1.807) is 0 Å². The third kappa shape index (κ3) is 7.35. The number of carbonyl (C=O) groups is 2. The number of carbonyl (C=O) groups excluding carboxylic acids is 2. The van der Waals surface area contributed by atoms with E-state index in [2.05, 4.69) is 28.3 Å². The Kier molecular flexibility index (Phi) is 9.41. The zero-order valence-electron chi connectivity index (χ0n) is 20.5. The molecule has 0 unspecified atom stereocenters. The minimum atomic E-state index is -0.744. The van der Waals surface area contributed by atoms with Gasteiger partial charge in [-0.25, -0.2) is 4.79 Å². The first-order valence-electron chi connectivity index (χ1n) is 12.6. The first kappa shape index (κ1) is 25.8. The summed E-state index contributed by atoms with van der Waals surface area (Å²) in [4.78, 5) is 28.6. The van der Waals surface area contributed by atoms with Crippen LogP contribution in [-0.4, -0.2) is 53.4 Å². The molecule has 4 rings (SSSR count). The molecule has 1 atom stereocenters. The Morgan fingerprint density at radius 3 is 2.14 bits per heavy atom. The quantitative estimate of drug-likeness (QED) is 0.262. The minimum Gasteiger partial charge on any atom is -0.354 e. The molecule has 7 heteroatoms. The third-order valence-corrected chi connectivity index (χ3v) is 6.93. The molecule has 0 radical (unpaired) electrons. The molecule has 1 aliphatic heterocycles. The summed E-state index contributed by atoms with van der Waals surface area (Å²) in [5.74, 6) is -0.204. The summed E-state index contributed by atoms with van der Waals surface area (Å²) in [5, 5.41) is 5.89. The molecule has 6 nitrogen and oxygen atoms in total. The van der Waals surface area contributed by atoms with Gasteiger partial charge >= 0.3 is 6.03 Å². The van der Waals surface area contributed by atoms with Crippen molar-refractivity contribution in [3.05, 3.63) is 90.5 Å². The summed E-state index contributed by atoms with van der Waals surface area (Å²) in [6, 6.07) is 26.2. The Morgan fingerprint density at radius 2 is 1.47 bits per heavy atom. The Bertz CT molecular complexity index is 1100. The van der Waals surface area contributed by atoms with E-state index in [1.807, 2.05) is 84.9 Å². The normalized spacial score (nSPS) is 14.2. The number of hydrogen-bond acceptors (Lipinski definition) is 4. The Hall–Kier alpha value is -3.29. The van der Waals surface area contributed by atoms with Gasteiger partial charge in [0.05, 0.1) is 0 Å². The predicted octanol–water partition coefficient (Wildman–Crippen LogP) is 5.25. The number of thiol groups is 1. The Balaban J connectivity index is 1.37. The maximum Gasteiger partial charge on any atom is 0.332 e. The van der Waals surface area contributed by atoms with Gasteiger partial charge in [-0.15, -0.1) is 0 Å². The van der Waals surface area contributed by atoms with Gasteiger partial charge in [0, 0.05) is 18.7 Å². The van der Waals surface area contributed by atoms with Crippen LogP contribution in [0.15, 0.2) is 84.9 Å². The molecule has 0 bridgehead atoms. The van der Waals surface area contributed by atoms with Gasteiger partial charge in [-0.3, -0.25) is 9.10 Å². The van der Waals surface area contributed by atoms with Crippen LogP contribution in [0.3, 0.4) is 0 Å². The van der Waals surface area contributed by atoms with E-state index in [0.717, 1.165) is 42.7 Å². The third-order valence-electron chi connectivity index (χ3n) is 6.47. The van der Waals surface area contributed by atoms with E-state index in [1.165, 1.54) is 17.1 Å². The molecule has 188 valence electrons. The smallest absolute Gasteiger partial charge is 0.332 e. The molecule has 3 aromatic rings. The van der Waals surface area contributed by atoms with Crippen LogP contribution in [0.2, 0.25) is 0 Å². The summed E-state index contributed by atoms with van der Waals surface area (Å²) in [7, 11) is 0. The first-order valence-corrected chi connectivity index (χ1v) is 13.0. The fourth-order valence-corrected chi connectivity index (χ4v) is 4.70. The summed E-state index contributed by atoms with van der Waals surface area (Å²) < 4.78 is 1.20. The van der Waals surface area contributed by atoms with E-state index >= 15 is 0 Å². The van der Waals surface area contributed by atoms with Gasteiger partial charge in [-0.1, -0.05) is 85.6 Å². The van der Waals surface area contributed by atoms with Crippen molar-refractivity contribution >= 4 is 30.4 Å². The predicted molar refractivity (Wildman–Crippen MR) is 149 cm³/mol. The van der Waals surface area contributed by atoms with Crippen molar-refractivity contribution in [2.45, 2.75) is 31.7 Å². The molecule has 1 saturated heterocycles. The van der Waals surface area contributed by atoms with E-state index in [4.69, 9.17) is 0 Å². The van der Waals surface area contributed by atoms with Crippen molar-refractivity contribution in [1.29, 1.82) is 0 Å². The Morgan fingerprint density at radius 1 is 0.861 bits per heavy atom. The molecule has 1 heterocycles. The topological polar surface area (TPSA) is 64.7 Å². The van der Waals surface area contributed by atoms with Crippen molar-refractivity contribution in [3.8, 4) is 11.1 Å². The van der Waals surface area contributed by atoms with Gasteiger partial charge in [0.2, 0.25) is 5.91 Å². The van der Waals surface area contributed by atoms with Crippen molar-refractivity contribution in [1.82, 2.24) is 14.5 Å². The highest BCUT2D eigenvalue weighted by molar-refractivity contribution is 7.78. The number of urea groups is 1. The molecule has 36 heavy (non-hydrogen) atoms. The lowest BCUT2D eigenvalue weighted by Gasteiger charge is -2.26. The number of nitrogens with one attached hydrogen (secondary N) is 2. The van der Waals surface area contributed by atoms with Gasteiger partial charge in [0.25, 0.3) is 0 Å².